The molecule has 2 aromatic carbocycles. The van der Waals surface area contributed by atoms with Crippen LogP contribution < -0.4 is 11.1 Å². The molecule has 8 heteroatoms. The lowest BCUT2D eigenvalue weighted by molar-refractivity contribution is 0.199. The van der Waals surface area contributed by atoms with Crippen molar-refractivity contribution in [1.82, 2.24) is 24.6 Å². The summed E-state index contributed by atoms with van der Waals surface area (Å²) in [4.78, 5) is 9.21. The number of H-pyrrole nitrogens is 1. The van der Waals surface area contributed by atoms with Crippen LogP contribution in [0.5, 0.6) is 0 Å². The fraction of sp³-hybridized carbons (Fsp3) is 0.0952. The summed E-state index contributed by atoms with van der Waals surface area (Å²) < 4.78 is 1.93. The Hall–Kier alpha value is -3.91. The maximum absolute atomic E-state index is 9.70. The molecular formula is C21H19N7O. The van der Waals surface area contributed by atoms with Crippen LogP contribution in [-0.4, -0.2) is 29.7 Å². The number of anilines is 3. The van der Waals surface area contributed by atoms with Gasteiger partial charge in [-0.3, -0.25) is 5.10 Å². The zero-order chi connectivity index (χ0) is 20.0. The number of nitrogen functional groups attached to an aromatic ring is 1. The van der Waals surface area contributed by atoms with E-state index >= 15 is 0 Å². The number of benzene rings is 2. The van der Waals surface area contributed by atoms with E-state index in [4.69, 9.17) is 10.7 Å². The SMILES string of the molecule is CC(O)c1ccc(Nc2nc(-c3ccc4c(N)n[nH]c4c3)cn3ccnc23)cc1. The quantitative estimate of drug-likeness (QED) is 0.375. The molecule has 5 N–H and O–H groups in total. The topological polar surface area (TPSA) is 117 Å². The summed E-state index contributed by atoms with van der Waals surface area (Å²) in [6.07, 6.45) is 5.05. The van der Waals surface area contributed by atoms with Crippen LogP contribution in [0.2, 0.25) is 0 Å². The van der Waals surface area contributed by atoms with Crippen molar-refractivity contribution < 1.29 is 5.11 Å². The normalized spacial score (nSPS) is 12.5. The van der Waals surface area contributed by atoms with Crippen molar-refractivity contribution in [2.24, 2.45) is 0 Å². The largest absolute Gasteiger partial charge is 0.389 e. The number of aromatic amines is 1. The van der Waals surface area contributed by atoms with E-state index in [-0.39, 0.29) is 0 Å². The van der Waals surface area contributed by atoms with Gasteiger partial charge in [-0.2, -0.15) is 5.10 Å². The first kappa shape index (κ1) is 17.2. The second kappa shape index (κ2) is 6.61. The average Bonchev–Trinajstić information content (AvgIpc) is 3.35. The van der Waals surface area contributed by atoms with Crippen LogP contribution in [0.4, 0.5) is 17.3 Å². The Morgan fingerprint density at radius 3 is 2.79 bits per heavy atom. The molecule has 0 aliphatic carbocycles. The van der Waals surface area contributed by atoms with Gasteiger partial charge < -0.3 is 20.6 Å². The third-order valence-electron chi connectivity index (χ3n) is 4.92. The van der Waals surface area contributed by atoms with Crippen LogP contribution in [0.3, 0.4) is 0 Å². The lowest BCUT2D eigenvalue weighted by Gasteiger charge is -2.11. The smallest absolute Gasteiger partial charge is 0.180 e. The number of hydrogen-bond donors (Lipinski definition) is 4. The van der Waals surface area contributed by atoms with Crippen LogP contribution >= 0.6 is 0 Å². The number of nitrogens with two attached hydrogens (primary N) is 1. The van der Waals surface area contributed by atoms with Crippen molar-refractivity contribution >= 4 is 33.9 Å². The lowest BCUT2D eigenvalue weighted by Crippen LogP contribution is -2.01. The highest BCUT2D eigenvalue weighted by atomic mass is 16.3. The number of rotatable bonds is 4. The number of aromatic nitrogens is 5. The third kappa shape index (κ3) is 3.05. The van der Waals surface area contributed by atoms with Gasteiger partial charge in [0.2, 0.25) is 0 Å². The minimum absolute atomic E-state index is 0.479. The molecule has 0 aliphatic rings. The summed E-state index contributed by atoms with van der Waals surface area (Å²) in [5.41, 5.74) is 10.9. The maximum atomic E-state index is 9.70. The number of nitrogens with zero attached hydrogens (tertiary/aromatic N) is 4. The molecule has 0 radical (unpaired) electrons. The maximum Gasteiger partial charge on any atom is 0.180 e. The number of aliphatic hydroxyl groups excluding tert-OH is 1. The lowest BCUT2D eigenvalue weighted by atomic mass is 10.1. The Bertz CT molecular complexity index is 1320. The Labute approximate surface area is 166 Å². The highest BCUT2D eigenvalue weighted by Gasteiger charge is 2.12. The fourth-order valence-electron chi connectivity index (χ4n) is 3.34. The molecule has 0 aliphatic heterocycles. The van der Waals surface area contributed by atoms with E-state index in [0.717, 1.165) is 39.1 Å². The molecule has 5 rings (SSSR count). The summed E-state index contributed by atoms with van der Waals surface area (Å²) >= 11 is 0. The van der Waals surface area contributed by atoms with Gasteiger partial charge in [-0.05, 0) is 36.8 Å². The zero-order valence-corrected chi connectivity index (χ0v) is 15.7. The van der Waals surface area contributed by atoms with Crippen LogP contribution in [0.1, 0.15) is 18.6 Å². The van der Waals surface area contributed by atoms with Crippen molar-refractivity contribution in [3.63, 3.8) is 0 Å². The highest BCUT2D eigenvalue weighted by molar-refractivity contribution is 5.91. The Morgan fingerprint density at radius 1 is 1.17 bits per heavy atom. The molecule has 0 fully saturated rings. The van der Waals surface area contributed by atoms with Gasteiger partial charge in [-0.1, -0.05) is 18.2 Å². The van der Waals surface area contributed by atoms with E-state index in [1.54, 1.807) is 13.1 Å². The molecule has 0 bridgehead atoms. The molecule has 0 saturated heterocycles. The van der Waals surface area contributed by atoms with Crippen LogP contribution in [0.25, 0.3) is 27.8 Å². The number of aliphatic hydroxyl groups is 1. The van der Waals surface area contributed by atoms with Crippen molar-refractivity contribution in [3.05, 3.63) is 66.6 Å². The molecule has 0 amide bonds. The second-order valence-electron chi connectivity index (χ2n) is 6.93. The molecule has 0 spiro atoms. The predicted octanol–water partition coefficient (Wildman–Crippen LogP) is 3.65. The van der Waals surface area contributed by atoms with Crippen molar-refractivity contribution in [3.8, 4) is 11.3 Å². The molecule has 3 aromatic heterocycles. The first-order valence-corrected chi connectivity index (χ1v) is 9.21. The van der Waals surface area contributed by atoms with E-state index in [1.807, 2.05) is 59.3 Å². The van der Waals surface area contributed by atoms with Gasteiger partial charge in [0.05, 0.1) is 17.3 Å². The molecule has 1 unspecified atom stereocenters. The minimum Gasteiger partial charge on any atom is -0.389 e. The number of nitrogens with one attached hydrogen (secondary N) is 2. The fourth-order valence-corrected chi connectivity index (χ4v) is 3.34. The van der Waals surface area contributed by atoms with Crippen LogP contribution in [0.15, 0.2) is 61.1 Å². The molecular weight excluding hydrogens is 366 g/mol. The molecule has 8 nitrogen and oxygen atoms in total. The van der Waals surface area contributed by atoms with Gasteiger partial charge in [0.1, 0.15) is 0 Å². The Kier molecular flexibility index (Phi) is 3.92. The summed E-state index contributed by atoms with van der Waals surface area (Å²) in [6.45, 7) is 1.74. The van der Waals surface area contributed by atoms with Crippen molar-refractivity contribution in [2.45, 2.75) is 13.0 Å². The molecule has 29 heavy (non-hydrogen) atoms. The first-order valence-electron chi connectivity index (χ1n) is 9.21. The van der Waals surface area contributed by atoms with Crippen molar-refractivity contribution in [1.29, 1.82) is 0 Å². The van der Waals surface area contributed by atoms with E-state index in [9.17, 15) is 5.11 Å². The number of hydrogen-bond acceptors (Lipinski definition) is 6. The number of fused-ring (bicyclic) bond motifs is 2. The Balaban J connectivity index is 1.57. The zero-order valence-electron chi connectivity index (χ0n) is 15.7. The van der Waals surface area contributed by atoms with Gasteiger partial charge in [-0.25, -0.2) is 9.97 Å². The molecule has 3 heterocycles. The van der Waals surface area contributed by atoms with E-state index in [2.05, 4.69) is 20.5 Å². The van der Waals surface area contributed by atoms with Gasteiger partial charge in [0.25, 0.3) is 0 Å². The summed E-state index contributed by atoms with van der Waals surface area (Å²) in [6, 6.07) is 13.5. The minimum atomic E-state index is -0.504. The average molecular weight is 385 g/mol. The second-order valence-corrected chi connectivity index (χ2v) is 6.93. The summed E-state index contributed by atoms with van der Waals surface area (Å²) in [7, 11) is 0. The van der Waals surface area contributed by atoms with Crippen LogP contribution in [-0.2, 0) is 0 Å². The highest BCUT2D eigenvalue weighted by Crippen LogP contribution is 2.28. The summed E-state index contributed by atoms with van der Waals surface area (Å²) in [5.74, 6) is 1.12. The van der Waals surface area contributed by atoms with E-state index < -0.39 is 6.10 Å². The molecule has 1 atom stereocenters. The van der Waals surface area contributed by atoms with Gasteiger partial charge in [0.15, 0.2) is 17.3 Å². The van der Waals surface area contributed by atoms with Gasteiger partial charge in [0, 0.05) is 35.2 Å². The third-order valence-corrected chi connectivity index (χ3v) is 4.92. The number of imidazole rings is 1. The molecule has 5 aromatic rings. The van der Waals surface area contributed by atoms with Crippen molar-refractivity contribution in [2.75, 3.05) is 11.1 Å². The first-order chi connectivity index (χ1) is 14.1. The summed E-state index contributed by atoms with van der Waals surface area (Å²) in [5, 5.41) is 20.9. The van der Waals surface area contributed by atoms with Gasteiger partial charge in [-0.15, -0.1) is 0 Å². The van der Waals surface area contributed by atoms with E-state index in [0.29, 0.717) is 11.6 Å². The Morgan fingerprint density at radius 2 is 2.00 bits per heavy atom. The standard InChI is InChI=1S/C21H19N7O/c1-12(29)13-2-5-15(6-3-13)24-20-21-23-8-9-28(21)11-18(25-20)14-4-7-16-17(10-14)26-27-19(16)22/h2-12,29H,1H3,(H,24,25)(H3,22,26,27). The monoisotopic (exact) mass is 385 g/mol. The molecule has 144 valence electrons. The van der Waals surface area contributed by atoms with E-state index in [1.165, 1.54) is 0 Å². The molecule has 0 saturated carbocycles. The van der Waals surface area contributed by atoms with Gasteiger partial charge >= 0.3 is 0 Å². The predicted molar refractivity (Wildman–Crippen MR) is 113 cm³/mol. The van der Waals surface area contributed by atoms with Crippen LogP contribution in [0, 0.1) is 0 Å².